The Bertz CT molecular complexity index is 1420. The van der Waals surface area contributed by atoms with Crippen LogP contribution in [0.3, 0.4) is 0 Å². The number of nitrogens with one attached hydrogen (secondary N) is 2. The molecule has 8 nitrogen and oxygen atoms in total. The summed E-state index contributed by atoms with van der Waals surface area (Å²) in [4.78, 5) is 48.5. The summed E-state index contributed by atoms with van der Waals surface area (Å²) in [5, 5.41) is 6.03. The van der Waals surface area contributed by atoms with E-state index in [1.54, 1.807) is 22.1 Å². The molecule has 0 aliphatic carbocycles. The highest BCUT2D eigenvalue weighted by molar-refractivity contribution is 6.03. The Labute approximate surface area is 234 Å². The fourth-order valence-corrected chi connectivity index (χ4v) is 5.26. The van der Waals surface area contributed by atoms with Gasteiger partial charge in [0.2, 0.25) is 5.91 Å². The van der Waals surface area contributed by atoms with Gasteiger partial charge in [0.1, 0.15) is 6.04 Å². The molecule has 0 spiro atoms. The van der Waals surface area contributed by atoms with Crippen molar-refractivity contribution < 1.29 is 14.4 Å². The van der Waals surface area contributed by atoms with Crippen molar-refractivity contribution in [2.45, 2.75) is 31.8 Å². The van der Waals surface area contributed by atoms with Gasteiger partial charge >= 0.3 is 6.03 Å². The minimum absolute atomic E-state index is 0.156. The van der Waals surface area contributed by atoms with Gasteiger partial charge in [-0.25, -0.2) is 4.79 Å². The number of carbonyl (C=O) groups is 3. The summed E-state index contributed by atoms with van der Waals surface area (Å²) in [6.07, 6.45) is 4.29. The monoisotopic (exact) mass is 535 g/mol. The summed E-state index contributed by atoms with van der Waals surface area (Å²) in [5.74, 6) is -0.495. The molecule has 0 unspecified atom stereocenters. The first-order valence-corrected chi connectivity index (χ1v) is 13.5. The molecule has 8 heteroatoms. The zero-order chi connectivity index (χ0) is 28.1. The molecule has 0 radical (unpaired) electrons. The van der Waals surface area contributed by atoms with Gasteiger partial charge in [-0.1, -0.05) is 72.3 Å². The van der Waals surface area contributed by atoms with Gasteiger partial charge in [-0.2, -0.15) is 0 Å². The van der Waals surface area contributed by atoms with Gasteiger partial charge < -0.3 is 15.5 Å². The van der Waals surface area contributed by atoms with Crippen LogP contribution in [0.1, 0.15) is 28.4 Å². The molecule has 40 heavy (non-hydrogen) atoms. The number of benzene rings is 2. The summed E-state index contributed by atoms with van der Waals surface area (Å²) >= 11 is 0. The molecule has 2 atom stereocenters. The summed E-state index contributed by atoms with van der Waals surface area (Å²) in [6, 6.07) is 21.5. The second kappa shape index (κ2) is 12.0. The number of rotatable bonds is 10. The molecule has 2 aliphatic rings. The molecule has 1 aromatic heterocycles. The van der Waals surface area contributed by atoms with Gasteiger partial charge in [0.15, 0.2) is 0 Å². The van der Waals surface area contributed by atoms with Crippen LogP contribution in [0, 0.1) is 6.92 Å². The second-order valence-electron chi connectivity index (χ2n) is 10.1. The van der Waals surface area contributed by atoms with E-state index in [4.69, 9.17) is 0 Å². The highest BCUT2D eigenvalue weighted by Gasteiger charge is 2.46. The fourth-order valence-electron chi connectivity index (χ4n) is 5.26. The number of pyridine rings is 1. The third-order valence-corrected chi connectivity index (χ3v) is 7.33. The highest BCUT2D eigenvalue weighted by atomic mass is 16.2. The van der Waals surface area contributed by atoms with Crippen LogP contribution in [-0.4, -0.2) is 58.3 Å². The van der Waals surface area contributed by atoms with Gasteiger partial charge in [0.05, 0.1) is 23.9 Å². The summed E-state index contributed by atoms with van der Waals surface area (Å²) in [7, 11) is 0. The number of aryl methyl sites for hydroxylation is 1. The van der Waals surface area contributed by atoms with Gasteiger partial charge in [-0.3, -0.25) is 19.5 Å². The first-order chi connectivity index (χ1) is 19.5. The van der Waals surface area contributed by atoms with E-state index in [2.05, 4.69) is 22.2 Å². The van der Waals surface area contributed by atoms with E-state index in [0.29, 0.717) is 30.7 Å². The van der Waals surface area contributed by atoms with E-state index in [1.807, 2.05) is 79.7 Å². The second-order valence-corrected chi connectivity index (χ2v) is 10.1. The third-order valence-electron chi connectivity index (χ3n) is 7.33. The number of carbonyl (C=O) groups excluding carboxylic acids is 3. The standard InChI is InChI=1S/C32H33N5O3/c1-3-19-36-27-21-37(31(39)28(27)29(35-32(36)40)24-14-12-22(2)13-15-24)26(20-23-9-5-4-6-10-23)30(38)34-18-16-25-11-7-8-17-33-25/h3-15,17,26,29H,1,16,18-21H2,2H3,(H,34,38)(H,35,40)/t26-,29-/m1/s1. The van der Waals surface area contributed by atoms with Crippen LogP contribution in [0.15, 0.2) is 103 Å². The average molecular weight is 536 g/mol. The minimum Gasteiger partial charge on any atom is -0.354 e. The van der Waals surface area contributed by atoms with Crippen molar-refractivity contribution in [3.05, 3.63) is 125 Å². The maximum atomic E-state index is 14.2. The van der Waals surface area contributed by atoms with E-state index >= 15 is 0 Å². The predicted molar refractivity (Wildman–Crippen MR) is 153 cm³/mol. The molecule has 4 amide bonds. The number of nitrogens with zero attached hydrogens (tertiary/aromatic N) is 3. The SMILES string of the molecule is C=CCN1C(=O)N[C@H](c2ccc(C)cc2)C2=C1CN([C@H](Cc1ccccc1)C(=O)NCCc1ccccn1)C2=O. The van der Waals surface area contributed by atoms with Crippen LogP contribution in [0.5, 0.6) is 0 Å². The Morgan fingerprint density at radius 3 is 2.55 bits per heavy atom. The molecule has 2 N–H and O–H groups in total. The van der Waals surface area contributed by atoms with Crippen molar-refractivity contribution in [2.75, 3.05) is 19.6 Å². The molecule has 0 saturated carbocycles. The van der Waals surface area contributed by atoms with Crippen molar-refractivity contribution in [3.63, 3.8) is 0 Å². The Morgan fingerprint density at radius 1 is 1.10 bits per heavy atom. The van der Waals surface area contributed by atoms with Crippen molar-refractivity contribution in [1.29, 1.82) is 0 Å². The highest BCUT2D eigenvalue weighted by Crippen LogP contribution is 2.37. The van der Waals surface area contributed by atoms with Crippen molar-refractivity contribution in [3.8, 4) is 0 Å². The maximum Gasteiger partial charge on any atom is 0.322 e. The average Bonchev–Trinajstić information content (AvgIpc) is 3.31. The zero-order valence-corrected chi connectivity index (χ0v) is 22.5. The van der Waals surface area contributed by atoms with E-state index < -0.39 is 12.1 Å². The number of hydrogen-bond donors (Lipinski definition) is 2. The van der Waals surface area contributed by atoms with Crippen molar-refractivity contribution in [1.82, 2.24) is 25.4 Å². The van der Waals surface area contributed by atoms with E-state index in [-0.39, 0.29) is 30.9 Å². The Balaban J connectivity index is 1.44. The number of hydrogen-bond acceptors (Lipinski definition) is 4. The molecule has 2 aliphatic heterocycles. The first-order valence-electron chi connectivity index (χ1n) is 13.5. The summed E-state index contributed by atoms with van der Waals surface area (Å²) < 4.78 is 0. The van der Waals surface area contributed by atoms with Gasteiger partial charge in [0, 0.05) is 37.8 Å². The molecule has 3 aromatic rings. The molecular formula is C32H33N5O3. The van der Waals surface area contributed by atoms with Crippen LogP contribution >= 0.6 is 0 Å². The molecule has 0 saturated heterocycles. The third kappa shape index (κ3) is 5.66. The Hall–Kier alpha value is -4.72. The Kier molecular flexibility index (Phi) is 8.05. The van der Waals surface area contributed by atoms with Crippen LogP contribution in [0.2, 0.25) is 0 Å². The van der Waals surface area contributed by atoms with E-state index in [1.165, 1.54) is 0 Å². The smallest absolute Gasteiger partial charge is 0.322 e. The summed E-state index contributed by atoms with van der Waals surface area (Å²) in [6.45, 7) is 6.59. The van der Waals surface area contributed by atoms with Crippen LogP contribution < -0.4 is 10.6 Å². The maximum absolute atomic E-state index is 14.2. The topological polar surface area (TPSA) is 94.6 Å². The molecule has 3 heterocycles. The van der Waals surface area contributed by atoms with E-state index in [9.17, 15) is 14.4 Å². The molecular weight excluding hydrogens is 502 g/mol. The number of amides is 4. The summed E-state index contributed by atoms with van der Waals surface area (Å²) in [5.41, 5.74) is 4.82. The first kappa shape index (κ1) is 26.9. The zero-order valence-electron chi connectivity index (χ0n) is 22.5. The van der Waals surface area contributed by atoms with Crippen LogP contribution in [0.4, 0.5) is 4.79 Å². The lowest BCUT2D eigenvalue weighted by Gasteiger charge is -2.33. The molecule has 204 valence electrons. The normalized spacial score (nSPS) is 17.4. The molecule has 0 fully saturated rings. The van der Waals surface area contributed by atoms with Crippen LogP contribution in [0.25, 0.3) is 0 Å². The van der Waals surface area contributed by atoms with Gasteiger partial charge in [0.25, 0.3) is 5.91 Å². The van der Waals surface area contributed by atoms with E-state index in [0.717, 1.165) is 22.4 Å². The predicted octanol–water partition coefficient (Wildman–Crippen LogP) is 3.71. The minimum atomic E-state index is -0.761. The largest absolute Gasteiger partial charge is 0.354 e. The Morgan fingerprint density at radius 2 is 1.85 bits per heavy atom. The van der Waals surface area contributed by atoms with Crippen LogP contribution in [-0.2, 0) is 22.4 Å². The van der Waals surface area contributed by atoms with Crippen molar-refractivity contribution in [2.24, 2.45) is 0 Å². The van der Waals surface area contributed by atoms with Crippen molar-refractivity contribution >= 4 is 17.8 Å². The lowest BCUT2D eigenvalue weighted by Crippen LogP contribution is -2.50. The molecule has 2 aromatic carbocycles. The van der Waals surface area contributed by atoms with Gasteiger partial charge in [-0.05, 0) is 30.2 Å². The lowest BCUT2D eigenvalue weighted by molar-refractivity contribution is -0.136. The van der Waals surface area contributed by atoms with Gasteiger partial charge in [-0.15, -0.1) is 6.58 Å². The quantitative estimate of drug-likeness (QED) is 0.387. The molecule has 0 bridgehead atoms. The molecule has 5 rings (SSSR count). The fraction of sp³-hybridized carbons (Fsp3) is 0.250. The number of aromatic nitrogens is 1. The number of urea groups is 1. The lowest BCUT2D eigenvalue weighted by atomic mass is 9.94.